The monoisotopic (exact) mass is 269 g/mol. The van der Waals surface area contributed by atoms with E-state index in [4.69, 9.17) is 0 Å². The summed E-state index contributed by atoms with van der Waals surface area (Å²) in [5.41, 5.74) is 0. The topological polar surface area (TPSA) is 69.4 Å². The highest BCUT2D eigenvalue weighted by Gasteiger charge is 2.11. The van der Waals surface area contributed by atoms with Crippen molar-refractivity contribution >= 4 is 26.2 Å². The lowest BCUT2D eigenvalue weighted by Crippen LogP contribution is -2.19. The molecule has 0 bridgehead atoms. The van der Waals surface area contributed by atoms with Gasteiger partial charge in [-0.05, 0) is 28.1 Å². The SMILES string of the molecule is NS(=O)(=O)Oc1cccc(F)c1Br. The molecule has 2 N–H and O–H groups in total. The van der Waals surface area contributed by atoms with Crippen molar-refractivity contribution in [2.75, 3.05) is 0 Å². The normalized spacial score (nSPS) is 11.3. The molecule has 0 fully saturated rings. The molecule has 0 radical (unpaired) electrons. The van der Waals surface area contributed by atoms with E-state index in [0.717, 1.165) is 6.07 Å². The van der Waals surface area contributed by atoms with E-state index >= 15 is 0 Å². The van der Waals surface area contributed by atoms with Crippen LogP contribution in [0.3, 0.4) is 0 Å². The Morgan fingerprint density at radius 1 is 1.46 bits per heavy atom. The lowest BCUT2D eigenvalue weighted by molar-refractivity contribution is 0.482. The van der Waals surface area contributed by atoms with Gasteiger partial charge in [0.25, 0.3) is 0 Å². The first-order valence-corrected chi connectivity index (χ1v) is 5.33. The Hall–Kier alpha value is -0.660. The second-order valence-electron chi connectivity index (χ2n) is 2.13. The van der Waals surface area contributed by atoms with Crippen molar-refractivity contribution in [3.05, 3.63) is 28.5 Å². The predicted molar refractivity (Wildman–Crippen MR) is 47.8 cm³/mol. The largest absolute Gasteiger partial charge is 0.380 e. The van der Waals surface area contributed by atoms with Gasteiger partial charge >= 0.3 is 10.3 Å². The highest BCUT2D eigenvalue weighted by Crippen LogP contribution is 2.27. The van der Waals surface area contributed by atoms with Gasteiger partial charge in [-0.1, -0.05) is 6.07 Å². The zero-order chi connectivity index (χ0) is 10.1. The van der Waals surface area contributed by atoms with Crippen LogP contribution in [-0.2, 0) is 10.3 Å². The molecule has 0 heterocycles. The number of nitrogens with two attached hydrogens (primary N) is 1. The summed E-state index contributed by atoms with van der Waals surface area (Å²) in [6, 6.07) is 3.73. The van der Waals surface area contributed by atoms with Crippen LogP contribution in [-0.4, -0.2) is 8.42 Å². The molecular weight excluding hydrogens is 265 g/mol. The molecular formula is C6H5BrFNO3S. The van der Waals surface area contributed by atoms with Gasteiger partial charge in [0.05, 0.1) is 4.47 Å². The Morgan fingerprint density at radius 2 is 2.08 bits per heavy atom. The van der Waals surface area contributed by atoms with Gasteiger partial charge in [-0.15, -0.1) is 0 Å². The molecule has 0 aliphatic carbocycles. The van der Waals surface area contributed by atoms with Gasteiger partial charge in [0, 0.05) is 0 Å². The number of halogens is 2. The Balaban J connectivity index is 3.10. The third-order valence-corrected chi connectivity index (χ3v) is 2.30. The molecule has 1 aromatic carbocycles. The van der Waals surface area contributed by atoms with E-state index < -0.39 is 16.1 Å². The summed E-state index contributed by atoms with van der Waals surface area (Å²) in [6.45, 7) is 0. The van der Waals surface area contributed by atoms with Crippen LogP contribution in [0.25, 0.3) is 0 Å². The quantitative estimate of drug-likeness (QED) is 0.877. The van der Waals surface area contributed by atoms with Gasteiger partial charge in [-0.3, -0.25) is 0 Å². The summed E-state index contributed by atoms with van der Waals surface area (Å²) in [7, 11) is -4.11. The molecule has 7 heteroatoms. The van der Waals surface area contributed by atoms with Crippen molar-refractivity contribution in [3.63, 3.8) is 0 Å². The van der Waals surface area contributed by atoms with Gasteiger partial charge in [-0.2, -0.15) is 13.6 Å². The minimum atomic E-state index is -4.11. The first kappa shape index (κ1) is 10.4. The summed E-state index contributed by atoms with van der Waals surface area (Å²) < 4.78 is 37.9. The minimum absolute atomic E-state index is 0.0796. The fourth-order valence-corrected chi connectivity index (χ4v) is 1.52. The third-order valence-electron chi connectivity index (χ3n) is 1.12. The van der Waals surface area contributed by atoms with Crippen LogP contribution >= 0.6 is 15.9 Å². The minimum Gasteiger partial charge on any atom is -0.370 e. The Kier molecular flexibility index (Phi) is 2.89. The van der Waals surface area contributed by atoms with Crippen molar-refractivity contribution in [1.82, 2.24) is 0 Å². The molecule has 0 aliphatic rings. The van der Waals surface area contributed by atoms with Gasteiger partial charge in [0.15, 0.2) is 5.75 Å². The van der Waals surface area contributed by atoms with Crippen molar-refractivity contribution in [2.45, 2.75) is 0 Å². The molecule has 0 amide bonds. The number of hydrogen-bond donors (Lipinski definition) is 1. The van der Waals surface area contributed by atoms with Gasteiger partial charge in [0.1, 0.15) is 5.82 Å². The number of rotatable bonds is 2. The van der Waals surface area contributed by atoms with Crippen molar-refractivity contribution in [1.29, 1.82) is 0 Å². The van der Waals surface area contributed by atoms with E-state index in [0.29, 0.717) is 0 Å². The van der Waals surface area contributed by atoms with E-state index in [2.05, 4.69) is 25.3 Å². The van der Waals surface area contributed by atoms with Crippen LogP contribution in [0.5, 0.6) is 5.75 Å². The van der Waals surface area contributed by atoms with E-state index in [9.17, 15) is 12.8 Å². The van der Waals surface area contributed by atoms with Crippen molar-refractivity contribution < 1.29 is 17.0 Å². The fourth-order valence-electron chi connectivity index (χ4n) is 0.674. The Morgan fingerprint density at radius 3 is 2.62 bits per heavy atom. The highest BCUT2D eigenvalue weighted by molar-refractivity contribution is 9.10. The molecule has 0 atom stereocenters. The first-order valence-electron chi connectivity index (χ1n) is 3.06. The molecule has 1 aromatic rings. The smallest absolute Gasteiger partial charge is 0.370 e. The van der Waals surface area contributed by atoms with Gasteiger partial charge in [0.2, 0.25) is 0 Å². The molecule has 0 aromatic heterocycles. The average molecular weight is 270 g/mol. The van der Waals surface area contributed by atoms with Gasteiger partial charge in [-0.25, -0.2) is 4.39 Å². The molecule has 0 spiro atoms. The second-order valence-corrected chi connectivity index (χ2v) is 4.07. The first-order chi connectivity index (χ1) is 5.90. The molecule has 0 saturated heterocycles. The van der Waals surface area contributed by atoms with Crippen LogP contribution in [0.15, 0.2) is 22.7 Å². The fraction of sp³-hybridized carbons (Fsp3) is 0. The van der Waals surface area contributed by atoms with Crippen LogP contribution in [0.2, 0.25) is 0 Å². The van der Waals surface area contributed by atoms with E-state index in [1.54, 1.807) is 0 Å². The summed E-state index contributed by atoms with van der Waals surface area (Å²) in [5, 5.41) is 4.59. The standard InChI is InChI=1S/C6H5BrFNO3S/c7-6-4(8)2-1-3-5(6)12-13(9,10)11/h1-3H,(H2,9,10,11). The van der Waals surface area contributed by atoms with Crippen molar-refractivity contribution in [2.24, 2.45) is 5.14 Å². The number of hydrogen-bond acceptors (Lipinski definition) is 3. The Labute approximate surface area is 82.9 Å². The average Bonchev–Trinajstić information content (AvgIpc) is 1.96. The molecule has 0 aliphatic heterocycles. The zero-order valence-corrected chi connectivity index (χ0v) is 8.60. The number of benzene rings is 1. The van der Waals surface area contributed by atoms with Crippen LogP contribution < -0.4 is 9.32 Å². The van der Waals surface area contributed by atoms with Crippen LogP contribution in [0.1, 0.15) is 0 Å². The molecule has 4 nitrogen and oxygen atoms in total. The highest BCUT2D eigenvalue weighted by atomic mass is 79.9. The predicted octanol–water partition coefficient (Wildman–Crippen LogP) is 1.17. The molecule has 1 rings (SSSR count). The molecule has 72 valence electrons. The third kappa shape index (κ3) is 2.94. The maximum absolute atomic E-state index is 12.8. The Bertz CT molecular complexity index is 420. The van der Waals surface area contributed by atoms with E-state index in [1.165, 1.54) is 12.1 Å². The van der Waals surface area contributed by atoms with Crippen LogP contribution in [0, 0.1) is 5.82 Å². The molecule has 13 heavy (non-hydrogen) atoms. The van der Waals surface area contributed by atoms with E-state index in [-0.39, 0.29) is 10.2 Å². The molecule has 0 saturated carbocycles. The summed E-state index contributed by atoms with van der Waals surface area (Å²) >= 11 is 2.81. The maximum Gasteiger partial charge on any atom is 0.380 e. The summed E-state index contributed by atoms with van der Waals surface area (Å²) in [6.07, 6.45) is 0. The maximum atomic E-state index is 12.8. The molecule has 0 unspecified atom stereocenters. The lowest BCUT2D eigenvalue weighted by Gasteiger charge is -2.04. The zero-order valence-electron chi connectivity index (χ0n) is 6.20. The van der Waals surface area contributed by atoms with Gasteiger partial charge < -0.3 is 4.18 Å². The second kappa shape index (κ2) is 3.60. The lowest BCUT2D eigenvalue weighted by atomic mass is 10.3. The summed E-state index contributed by atoms with van der Waals surface area (Å²) in [4.78, 5) is 0. The summed E-state index contributed by atoms with van der Waals surface area (Å²) in [5.74, 6) is -0.802. The van der Waals surface area contributed by atoms with Crippen LogP contribution in [0.4, 0.5) is 4.39 Å². The van der Waals surface area contributed by atoms with E-state index in [1.807, 2.05) is 0 Å². The van der Waals surface area contributed by atoms with Crippen molar-refractivity contribution in [3.8, 4) is 5.75 Å².